The lowest BCUT2D eigenvalue weighted by molar-refractivity contribution is 0.187. The number of nitrogens with one attached hydrogen (secondary N) is 1. The summed E-state index contributed by atoms with van der Waals surface area (Å²) in [4.78, 5) is 2.74. The highest BCUT2D eigenvalue weighted by molar-refractivity contribution is 5.42. The zero-order valence-electron chi connectivity index (χ0n) is 10.5. The molecule has 0 atom stereocenters. The number of benzene rings is 1. The first-order valence-electron chi connectivity index (χ1n) is 6.93. The number of nitrogens with zero attached hydrogens (tertiary/aromatic N) is 1. The van der Waals surface area contributed by atoms with Crippen molar-refractivity contribution in [2.45, 2.75) is 37.6 Å². The van der Waals surface area contributed by atoms with Gasteiger partial charge < -0.3 is 5.32 Å². The smallest absolute Gasteiger partial charge is 0.0340 e. The zero-order chi connectivity index (χ0) is 11.6. The lowest BCUT2D eigenvalue weighted by atomic mass is 9.90. The van der Waals surface area contributed by atoms with Gasteiger partial charge in [-0.2, -0.15) is 0 Å². The summed E-state index contributed by atoms with van der Waals surface area (Å²) >= 11 is 0. The molecule has 0 bridgehead atoms. The normalized spacial score (nSPS) is 22.6. The molecule has 0 aliphatic carbocycles. The Hall–Kier alpha value is -1.02. The van der Waals surface area contributed by atoms with Crippen LogP contribution >= 0.6 is 0 Å². The van der Waals surface area contributed by atoms with E-state index in [4.69, 9.17) is 0 Å². The number of rotatable bonds is 4. The summed E-state index contributed by atoms with van der Waals surface area (Å²) < 4.78 is 0. The summed E-state index contributed by atoms with van der Waals surface area (Å²) in [7, 11) is 0. The van der Waals surface area contributed by atoms with E-state index >= 15 is 0 Å². The van der Waals surface area contributed by atoms with Crippen LogP contribution in [0.1, 0.15) is 32.1 Å². The molecule has 1 aromatic carbocycles. The van der Waals surface area contributed by atoms with E-state index in [1.165, 1.54) is 50.9 Å². The van der Waals surface area contributed by atoms with Crippen molar-refractivity contribution >= 4 is 5.69 Å². The first-order chi connectivity index (χ1) is 8.39. The van der Waals surface area contributed by atoms with Crippen LogP contribution in [-0.4, -0.2) is 30.1 Å². The summed E-state index contributed by atoms with van der Waals surface area (Å²) in [6.45, 7) is 3.79. The molecule has 1 N–H and O–H groups in total. The van der Waals surface area contributed by atoms with Crippen molar-refractivity contribution in [2.75, 3.05) is 25.0 Å². The van der Waals surface area contributed by atoms with Gasteiger partial charge in [-0.15, -0.1) is 0 Å². The molecule has 0 saturated carbocycles. The predicted molar refractivity (Wildman–Crippen MR) is 72.3 cm³/mol. The molecule has 2 aliphatic rings. The fourth-order valence-corrected chi connectivity index (χ4v) is 3.63. The third-order valence-corrected chi connectivity index (χ3v) is 4.50. The minimum absolute atomic E-state index is 0.557. The molecule has 0 unspecified atom stereocenters. The Bertz CT molecular complexity index is 350. The Kier molecular flexibility index (Phi) is 3.06. The summed E-state index contributed by atoms with van der Waals surface area (Å²) in [6, 6.07) is 10.6. The number of hydrogen-bond donors (Lipinski definition) is 1. The van der Waals surface area contributed by atoms with Gasteiger partial charge in [0.25, 0.3) is 0 Å². The summed E-state index contributed by atoms with van der Waals surface area (Å²) in [5, 5.41) is 3.55. The maximum absolute atomic E-state index is 3.55. The van der Waals surface area contributed by atoms with Gasteiger partial charge in [0.2, 0.25) is 0 Å². The van der Waals surface area contributed by atoms with Gasteiger partial charge in [0.15, 0.2) is 0 Å². The van der Waals surface area contributed by atoms with E-state index in [-0.39, 0.29) is 0 Å². The number of para-hydroxylation sites is 1. The van der Waals surface area contributed by atoms with Crippen molar-refractivity contribution in [3.63, 3.8) is 0 Å². The van der Waals surface area contributed by atoms with E-state index in [1.54, 1.807) is 0 Å². The van der Waals surface area contributed by atoms with Crippen LogP contribution in [0.4, 0.5) is 5.69 Å². The van der Waals surface area contributed by atoms with Crippen molar-refractivity contribution in [3.8, 4) is 0 Å². The van der Waals surface area contributed by atoms with Gasteiger partial charge in [0, 0.05) is 17.8 Å². The molecule has 2 saturated heterocycles. The molecule has 2 heteroatoms. The maximum Gasteiger partial charge on any atom is 0.0340 e. The average Bonchev–Trinajstić information content (AvgIpc) is 2.89. The van der Waals surface area contributed by atoms with Crippen LogP contribution in [0.2, 0.25) is 0 Å². The van der Waals surface area contributed by atoms with Crippen molar-refractivity contribution < 1.29 is 0 Å². The Morgan fingerprint density at radius 1 is 1.06 bits per heavy atom. The van der Waals surface area contributed by atoms with Gasteiger partial charge in [0.05, 0.1) is 0 Å². The Labute approximate surface area is 104 Å². The largest absolute Gasteiger partial charge is 0.385 e. The van der Waals surface area contributed by atoms with Gasteiger partial charge in [-0.3, -0.25) is 4.90 Å². The molecule has 3 rings (SSSR count). The second-order valence-electron chi connectivity index (χ2n) is 5.46. The minimum Gasteiger partial charge on any atom is -0.385 e. The van der Waals surface area contributed by atoms with Crippen LogP contribution in [0.25, 0.3) is 0 Å². The number of fused-ring (bicyclic) bond motifs is 1. The summed E-state index contributed by atoms with van der Waals surface area (Å²) in [5.74, 6) is 0. The lowest BCUT2D eigenvalue weighted by Gasteiger charge is -2.32. The fourth-order valence-electron chi connectivity index (χ4n) is 3.63. The number of hydrogen-bond acceptors (Lipinski definition) is 2. The number of anilines is 1. The minimum atomic E-state index is 0.557. The van der Waals surface area contributed by atoms with Gasteiger partial charge in [0.1, 0.15) is 0 Å². The zero-order valence-corrected chi connectivity index (χ0v) is 10.5. The first kappa shape index (κ1) is 11.1. The highest BCUT2D eigenvalue weighted by atomic mass is 15.2. The highest BCUT2D eigenvalue weighted by Gasteiger charge is 2.43. The van der Waals surface area contributed by atoms with Crippen molar-refractivity contribution in [2.24, 2.45) is 0 Å². The monoisotopic (exact) mass is 230 g/mol. The molecular weight excluding hydrogens is 208 g/mol. The Morgan fingerprint density at radius 3 is 2.47 bits per heavy atom. The Morgan fingerprint density at radius 2 is 1.76 bits per heavy atom. The van der Waals surface area contributed by atoms with Crippen LogP contribution in [0.5, 0.6) is 0 Å². The molecule has 17 heavy (non-hydrogen) atoms. The standard InChI is InChI=1S/C15H22N2/c1-2-6-14(7-3-1)16-11-10-15-8-4-12-17(15)13-5-9-15/h1-3,6-7,16H,4-5,8-13H2. The van der Waals surface area contributed by atoms with Gasteiger partial charge in [-0.25, -0.2) is 0 Å². The second-order valence-corrected chi connectivity index (χ2v) is 5.46. The molecule has 0 amide bonds. The molecule has 0 spiro atoms. The van der Waals surface area contributed by atoms with E-state index in [0.717, 1.165) is 6.54 Å². The van der Waals surface area contributed by atoms with Gasteiger partial charge in [-0.05, 0) is 57.3 Å². The molecular formula is C15H22N2. The molecule has 0 radical (unpaired) electrons. The topological polar surface area (TPSA) is 15.3 Å². The highest BCUT2D eigenvalue weighted by Crippen LogP contribution is 2.41. The molecule has 92 valence electrons. The molecule has 2 nitrogen and oxygen atoms in total. The van der Waals surface area contributed by atoms with E-state index < -0.39 is 0 Å². The quantitative estimate of drug-likeness (QED) is 0.855. The van der Waals surface area contributed by atoms with E-state index in [9.17, 15) is 0 Å². The maximum atomic E-state index is 3.55. The third kappa shape index (κ3) is 2.19. The van der Waals surface area contributed by atoms with Gasteiger partial charge in [-0.1, -0.05) is 18.2 Å². The van der Waals surface area contributed by atoms with Crippen LogP contribution in [-0.2, 0) is 0 Å². The molecule has 2 aliphatic heterocycles. The fraction of sp³-hybridized carbons (Fsp3) is 0.600. The van der Waals surface area contributed by atoms with Crippen molar-refractivity contribution in [3.05, 3.63) is 30.3 Å². The first-order valence-corrected chi connectivity index (χ1v) is 6.93. The van der Waals surface area contributed by atoms with E-state index in [2.05, 4.69) is 40.5 Å². The summed E-state index contributed by atoms with van der Waals surface area (Å²) in [6.07, 6.45) is 6.96. The van der Waals surface area contributed by atoms with Crippen molar-refractivity contribution in [1.82, 2.24) is 4.90 Å². The SMILES string of the molecule is c1ccc(NCCC23CCCN2CCC3)cc1. The van der Waals surface area contributed by atoms with Crippen molar-refractivity contribution in [1.29, 1.82) is 0 Å². The molecule has 2 fully saturated rings. The van der Waals surface area contributed by atoms with Crippen LogP contribution in [0.3, 0.4) is 0 Å². The molecule has 2 heterocycles. The molecule has 1 aromatic rings. The molecule has 0 aromatic heterocycles. The third-order valence-electron chi connectivity index (χ3n) is 4.50. The lowest BCUT2D eigenvalue weighted by Crippen LogP contribution is -2.39. The summed E-state index contributed by atoms with van der Waals surface area (Å²) in [5.41, 5.74) is 1.81. The van der Waals surface area contributed by atoms with E-state index in [1.807, 2.05) is 0 Å². The average molecular weight is 230 g/mol. The Balaban J connectivity index is 1.54. The van der Waals surface area contributed by atoms with Gasteiger partial charge >= 0.3 is 0 Å². The van der Waals surface area contributed by atoms with Crippen LogP contribution in [0, 0.1) is 0 Å². The van der Waals surface area contributed by atoms with Crippen LogP contribution in [0.15, 0.2) is 30.3 Å². The van der Waals surface area contributed by atoms with Crippen LogP contribution < -0.4 is 5.32 Å². The van der Waals surface area contributed by atoms with E-state index in [0.29, 0.717) is 5.54 Å². The predicted octanol–water partition coefficient (Wildman–Crippen LogP) is 3.12. The second kappa shape index (κ2) is 4.69.